The maximum absolute atomic E-state index is 12.1. The molecule has 0 atom stereocenters. The average molecular weight is 333 g/mol. The van der Waals surface area contributed by atoms with Crippen LogP contribution in [0.15, 0.2) is 34.5 Å². The van der Waals surface area contributed by atoms with E-state index in [1.807, 2.05) is 0 Å². The Morgan fingerprint density at radius 3 is 2.75 bits per heavy atom. The average Bonchev–Trinajstić information content (AvgIpc) is 2.75. The molecule has 0 fully saturated rings. The fraction of sp³-hybridized carbons (Fsp3) is 0.0909. The molecule has 0 amide bonds. The van der Waals surface area contributed by atoms with Gasteiger partial charge in [-0.3, -0.25) is 9.52 Å². The monoisotopic (exact) mass is 332 g/mol. The first-order valence-electron chi connectivity index (χ1n) is 5.32. The number of anilines is 1. The van der Waals surface area contributed by atoms with Gasteiger partial charge >= 0.3 is 5.97 Å². The van der Waals surface area contributed by atoms with Crippen molar-refractivity contribution in [1.29, 1.82) is 0 Å². The second-order valence-corrected chi connectivity index (χ2v) is 6.67. The topological polar surface area (TPSA) is 96.4 Å². The third-order valence-corrected chi connectivity index (χ3v) is 5.01. The third-order valence-electron chi connectivity index (χ3n) is 2.23. The summed E-state index contributed by atoms with van der Waals surface area (Å²) in [6, 6.07) is 6.01. The maximum atomic E-state index is 12.1. The van der Waals surface area contributed by atoms with Gasteiger partial charge in [0.25, 0.3) is 10.0 Å². The van der Waals surface area contributed by atoms with E-state index in [-0.39, 0.29) is 21.5 Å². The van der Waals surface area contributed by atoms with Crippen molar-refractivity contribution in [3.05, 3.63) is 40.4 Å². The number of aliphatic carboxylic acids is 1. The lowest BCUT2D eigenvalue weighted by Gasteiger charge is -2.06. The molecule has 2 aromatic rings. The zero-order valence-electron chi connectivity index (χ0n) is 9.91. The summed E-state index contributed by atoms with van der Waals surface area (Å²) < 4.78 is 26.5. The molecule has 20 heavy (non-hydrogen) atoms. The number of rotatable bonds is 5. The van der Waals surface area contributed by atoms with Crippen LogP contribution in [0.25, 0.3) is 0 Å². The summed E-state index contributed by atoms with van der Waals surface area (Å²) in [5.74, 6) is -1.03. The van der Waals surface area contributed by atoms with E-state index in [4.69, 9.17) is 16.7 Å². The van der Waals surface area contributed by atoms with Crippen LogP contribution in [0.4, 0.5) is 5.13 Å². The molecule has 0 saturated carbocycles. The van der Waals surface area contributed by atoms with E-state index in [0.29, 0.717) is 5.69 Å². The molecular weight excluding hydrogens is 324 g/mol. The molecule has 1 aromatic carbocycles. The number of carboxylic acids is 1. The largest absolute Gasteiger partial charge is 0.481 e. The molecule has 1 aromatic heterocycles. The molecule has 6 nitrogen and oxygen atoms in total. The van der Waals surface area contributed by atoms with Crippen molar-refractivity contribution >= 4 is 44.1 Å². The smallest absolute Gasteiger partial charge is 0.309 e. The minimum atomic E-state index is -3.84. The number of carboxylic acid groups (broad SMARTS) is 1. The van der Waals surface area contributed by atoms with Crippen LogP contribution < -0.4 is 4.72 Å². The quantitative estimate of drug-likeness (QED) is 0.875. The van der Waals surface area contributed by atoms with Gasteiger partial charge in [-0.05, 0) is 12.1 Å². The molecule has 0 saturated heterocycles. The number of hydrogen-bond acceptors (Lipinski definition) is 5. The molecular formula is C11H9ClN2O4S2. The maximum Gasteiger partial charge on any atom is 0.309 e. The summed E-state index contributed by atoms with van der Waals surface area (Å²) in [5, 5.41) is 10.3. The van der Waals surface area contributed by atoms with Crippen molar-refractivity contribution in [2.24, 2.45) is 0 Å². The van der Waals surface area contributed by atoms with Gasteiger partial charge in [0.2, 0.25) is 0 Å². The van der Waals surface area contributed by atoms with Crippen molar-refractivity contribution in [3.63, 3.8) is 0 Å². The standard InChI is InChI=1S/C11H9ClN2O4S2/c12-8-3-1-2-4-9(8)20(17,18)14-11-13-7(6-19-11)5-10(15)16/h1-4,6H,5H2,(H,13,14)(H,15,16). The van der Waals surface area contributed by atoms with E-state index in [1.54, 1.807) is 12.1 Å². The number of thiazole rings is 1. The predicted molar refractivity (Wildman–Crippen MR) is 75.7 cm³/mol. The molecule has 0 aliphatic carbocycles. The van der Waals surface area contributed by atoms with Crippen LogP contribution in [0.5, 0.6) is 0 Å². The highest BCUT2D eigenvalue weighted by molar-refractivity contribution is 7.93. The van der Waals surface area contributed by atoms with Crippen molar-refractivity contribution in [2.45, 2.75) is 11.3 Å². The molecule has 0 radical (unpaired) electrons. The van der Waals surface area contributed by atoms with Gasteiger partial charge < -0.3 is 5.11 Å². The molecule has 0 unspecified atom stereocenters. The molecule has 0 spiro atoms. The number of nitrogens with zero attached hydrogens (tertiary/aromatic N) is 1. The van der Waals surface area contributed by atoms with E-state index in [1.165, 1.54) is 17.5 Å². The Hall–Kier alpha value is -1.64. The van der Waals surface area contributed by atoms with Gasteiger partial charge in [0.15, 0.2) is 5.13 Å². The Morgan fingerprint density at radius 1 is 1.40 bits per heavy atom. The Balaban J connectivity index is 2.23. The molecule has 9 heteroatoms. The highest BCUT2D eigenvalue weighted by atomic mass is 35.5. The second-order valence-electron chi connectivity index (χ2n) is 3.75. The van der Waals surface area contributed by atoms with Crippen molar-refractivity contribution in [2.75, 3.05) is 4.72 Å². The molecule has 0 aliphatic rings. The van der Waals surface area contributed by atoms with Gasteiger partial charge in [0.1, 0.15) is 4.90 Å². The summed E-state index contributed by atoms with van der Waals surface area (Å²) in [6.45, 7) is 0. The van der Waals surface area contributed by atoms with Gasteiger partial charge in [-0.25, -0.2) is 13.4 Å². The van der Waals surface area contributed by atoms with Crippen LogP contribution in [-0.2, 0) is 21.2 Å². The van der Waals surface area contributed by atoms with Crippen LogP contribution in [0.1, 0.15) is 5.69 Å². The van der Waals surface area contributed by atoms with Crippen LogP contribution in [0.2, 0.25) is 5.02 Å². The first-order chi connectivity index (χ1) is 9.38. The van der Waals surface area contributed by atoms with E-state index >= 15 is 0 Å². The normalized spacial score (nSPS) is 11.2. The Morgan fingerprint density at radius 2 is 2.10 bits per heavy atom. The highest BCUT2D eigenvalue weighted by Crippen LogP contribution is 2.24. The van der Waals surface area contributed by atoms with E-state index in [9.17, 15) is 13.2 Å². The summed E-state index contributed by atoms with van der Waals surface area (Å²) in [5.41, 5.74) is 0.291. The van der Waals surface area contributed by atoms with E-state index < -0.39 is 16.0 Å². The lowest BCUT2D eigenvalue weighted by atomic mass is 10.3. The number of benzene rings is 1. The zero-order valence-corrected chi connectivity index (χ0v) is 12.3. The molecule has 2 rings (SSSR count). The Labute approximate surface area is 124 Å². The first-order valence-corrected chi connectivity index (χ1v) is 8.06. The molecule has 0 aliphatic heterocycles. The number of carbonyl (C=O) groups is 1. The first kappa shape index (κ1) is 14.8. The lowest BCUT2D eigenvalue weighted by molar-refractivity contribution is -0.136. The van der Waals surface area contributed by atoms with Crippen LogP contribution >= 0.6 is 22.9 Å². The third kappa shape index (κ3) is 3.47. The van der Waals surface area contributed by atoms with Gasteiger partial charge in [-0.15, -0.1) is 11.3 Å². The van der Waals surface area contributed by atoms with Gasteiger partial charge in [0, 0.05) is 5.38 Å². The van der Waals surface area contributed by atoms with Crippen molar-refractivity contribution in [1.82, 2.24) is 4.98 Å². The molecule has 0 bridgehead atoms. The number of hydrogen-bond donors (Lipinski definition) is 2. The Kier molecular flexibility index (Phi) is 4.26. The molecule has 106 valence electrons. The highest BCUT2D eigenvalue weighted by Gasteiger charge is 2.19. The van der Waals surface area contributed by atoms with E-state index in [0.717, 1.165) is 11.3 Å². The number of halogens is 1. The van der Waals surface area contributed by atoms with Crippen LogP contribution in [0, 0.1) is 0 Å². The van der Waals surface area contributed by atoms with Crippen molar-refractivity contribution in [3.8, 4) is 0 Å². The molecule has 1 heterocycles. The zero-order chi connectivity index (χ0) is 14.8. The van der Waals surface area contributed by atoms with E-state index in [2.05, 4.69) is 9.71 Å². The van der Waals surface area contributed by atoms with Crippen LogP contribution in [-0.4, -0.2) is 24.5 Å². The number of nitrogens with one attached hydrogen (secondary N) is 1. The summed E-state index contributed by atoms with van der Waals surface area (Å²) in [4.78, 5) is 14.4. The summed E-state index contributed by atoms with van der Waals surface area (Å²) in [6.07, 6.45) is -0.260. The minimum absolute atomic E-state index is 0.0587. The fourth-order valence-corrected chi connectivity index (χ4v) is 3.91. The van der Waals surface area contributed by atoms with Gasteiger partial charge in [0.05, 0.1) is 17.1 Å². The summed E-state index contributed by atoms with van der Waals surface area (Å²) >= 11 is 6.85. The summed E-state index contributed by atoms with van der Waals surface area (Å²) in [7, 11) is -3.84. The predicted octanol–water partition coefficient (Wildman–Crippen LogP) is 2.22. The molecule has 2 N–H and O–H groups in total. The number of aromatic nitrogens is 1. The van der Waals surface area contributed by atoms with Crippen molar-refractivity contribution < 1.29 is 18.3 Å². The van der Waals surface area contributed by atoms with Gasteiger partial charge in [-0.2, -0.15) is 0 Å². The SMILES string of the molecule is O=C(O)Cc1csc(NS(=O)(=O)c2ccccc2Cl)n1. The van der Waals surface area contributed by atoms with Gasteiger partial charge in [-0.1, -0.05) is 23.7 Å². The Bertz CT molecular complexity index is 742. The minimum Gasteiger partial charge on any atom is -0.481 e. The fourth-order valence-electron chi connectivity index (χ4n) is 1.42. The lowest BCUT2D eigenvalue weighted by Crippen LogP contribution is -2.13. The number of sulfonamides is 1. The second kappa shape index (κ2) is 5.78. The van der Waals surface area contributed by atoms with Crippen LogP contribution in [0.3, 0.4) is 0 Å².